The Morgan fingerprint density at radius 1 is 0.756 bits per heavy atom. The maximum atomic E-state index is 12.9. The zero-order chi connectivity index (χ0) is 32.0. The van der Waals surface area contributed by atoms with Crippen molar-refractivity contribution in [3.05, 3.63) is 101 Å². The third kappa shape index (κ3) is 9.20. The predicted octanol–water partition coefficient (Wildman–Crippen LogP) is 5.69. The molecule has 1 aliphatic rings. The average Bonchev–Trinajstić information content (AvgIpc) is 3.49. The van der Waals surface area contributed by atoms with Crippen LogP contribution in [0.1, 0.15) is 22.4 Å². The summed E-state index contributed by atoms with van der Waals surface area (Å²) in [4.78, 5) is 16.9. The van der Waals surface area contributed by atoms with E-state index in [2.05, 4.69) is 15.2 Å². The van der Waals surface area contributed by atoms with Crippen LogP contribution >= 0.6 is 0 Å². The van der Waals surface area contributed by atoms with Gasteiger partial charge in [0.2, 0.25) is 5.91 Å². The van der Waals surface area contributed by atoms with Crippen molar-refractivity contribution < 1.29 is 40.6 Å². The Labute approximate surface area is 254 Å². The Morgan fingerprint density at radius 2 is 1.36 bits per heavy atom. The number of ether oxygens (including phenoxy) is 2. The second-order valence-electron chi connectivity index (χ2n) is 10.5. The third-order valence-corrected chi connectivity index (χ3v) is 7.12. The molecule has 0 N–H and O–H groups in total. The minimum Gasteiger partial charge on any atom is -0.487 e. The van der Waals surface area contributed by atoms with E-state index in [9.17, 15) is 31.1 Å². The van der Waals surface area contributed by atoms with Crippen LogP contribution in [0.25, 0.3) is 5.69 Å². The molecule has 0 aliphatic carbocycles. The molecular weight excluding hydrogens is 604 g/mol. The first kappa shape index (κ1) is 31.8. The molecule has 1 aromatic heterocycles. The van der Waals surface area contributed by atoms with Gasteiger partial charge in [0.1, 0.15) is 23.8 Å². The quantitative estimate of drug-likeness (QED) is 0.209. The van der Waals surface area contributed by atoms with Gasteiger partial charge in [0.05, 0.1) is 23.9 Å². The molecule has 1 aliphatic heterocycles. The highest BCUT2D eigenvalue weighted by Crippen LogP contribution is 2.29. The van der Waals surface area contributed by atoms with E-state index < -0.39 is 24.5 Å². The zero-order valence-corrected chi connectivity index (χ0v) is 23.9. The summed E-state index contributed by atoms with van der Waals surface area (Å²) in [6, 6.07) is 18.2. The summed E-state index contributed by atoms with van der Waals surface area (Å²) >= 11 is 0. The summed E-state index contributed by atoms with van der Waals surface area (Å²) in [7, 11) is 0. The molecule has 0 atom stereocenters. The second kappa shape index (κ2) is 13.6. The summed E-state index contributed by atoms with van der Waals surface area (Å²) in [5.74, 6) is 0.730. The van der Waals surface area contributed by atoms with Gasteiger partial charge in [-0.15, -0.1) is 5.10 Å². The lowest BCUT2D eigenvalue weighted by molar-refractivity contribution is -0.153. The van der Waals surface area contributed by atoms with Crippen LogP contribution in [-0.4, -0.2) is 69.7 Å². The molecule has 0 radical (unpaired) electrons. The molecule has 1 fully saturated rings. The Morgan fingerprint density at radius 3 is 1.96 bits per heavy atom. The first-order chi connectivity index (χ1) is 21.4. The van der Waals surface area contributed by atoms with Crippen molar-refractivity contribution in [3.63, 3.8) is 0 Å². The molecule has 45 heavy (non-hydrogen) atoms. The van der Waals surface area contributed by atoms with Gasteiger partial charge in [-0.25, -0.2) is 4.68 Å². The van der Waals surface area contributed by atoms with Gasteiger partial charge in [-0.05, 0) is 59.7 Å². The maximum absolute atomic E-state index is 12.9. The van der Waals surface area contributed by atoms with Gasteiger partial charge in [0.15, 0.2) is 6.61 Å². The Hall–Kier alpha value is -4.59. The number of carbonyl (C=O) groups excluding carboxylic acids is 1. The van der Waals surface area contributed by atoms with Crippen LogP contribution < -0.4 is 9.47 Å². The van der Waals surface area contributed by atoms with Crippen molar-refractivity contribution in [1.82, 2.24) is 24.8 Å². The number of nitrogens with zero attached hydrogens (tertiary/aromatic N) is 5. The van der Waals surface area contributed by atoms with E-state index in [-0.39, 0.29) is 24.7 Å². The molecule has 2 heterocycles. The van der Waals surface area contributed by atoms with Crippen LogP contribution in [0.5, 0.6) is 11.5 Å². The number of hydrogen-bond acceptors (Lipinski definition) is 6. The molecule has 0 bridgehead atoms. The van der Waals surface area contributed by atoms with E-state index in [0.29, 0.717) is 49.9 Å². The first-order valence-electron chi connectivity index (χ1n) is 14.0. The van der Waals surface area contributed by atoms with Crippen molar-refractivity contribution in [3.8, 4) is 17.2 Å². The van der Waals surface area contributed by atoms with Gasteiger partial charge >= 0.3 is 12.4 Å². The van der Waals surface area contributed by atoms with Gasteiger partial charge in [0, 0.05) is 32.7 Å². The highest BCUT2D eigenvalue weighted by Gasteiger charge is 2.30. The highest BCUT2D eigenvalue weighted by molar-refractivity contribution is 5.79. The van der Waals surface area contributed by atoms with Crippen LogP contribution in [0.15, 0.2) is 79.0 Å². The molecule has 14 heteroatoms. The molecule has 8 nitrogen and oxygen atoms in total. The summed E-state index contributed by atoms with van der Waals surface area (Å²) in [6.45, 7) is 1.88. The van der Waals surface area contributed by atoms with Crippen molar-refractivity contribution in [2.24, 2.45) is 0 Å². The van der Waals surface area contributed by atoms with Crippen molar-refractivity contribution in [1.29, 1.82) is 0 Å². The number of benzene rings is 3. The summed E-state index contributed by atoms with van der Waals surface area (Å²) in [5.41, 5.74) is 1.95. The SMILES string of the molecule is O=C(Cc1ccc(OCc2cn(-c3ccc(C(F)(F)F)cc3)nn2)cc1)N1CCN(Cc2ccc(OCC(F)(F)F)cc2)CC1. The average molecular weight is 634 g/mol. The van der Waals surface area contributed by atoms with Gasteiger partial charge < -0.3 is 14.4 Å². The lowest BCUT2D eigenvalue weighted by atomic mass is 10.1. The molecule has 238 valence electrons. The summed E-state index contributed by atoms with van der Waals surface area (Å²) in [5, 5.41) is 7.95. The zero-order valence-electron chi connectivity index (χ0n) is 23.9. The number of rotatable bonds is 10. The standard InChI is InChI=1S/C31H29F6N5O3/c32-30(33,34)21-45-28-11-3-23(4-12-28)18-40-13-15-41(16-14-40)29(43)17-22-1-9-27(10-2-22)44-20-25-19-42(39-38-25)26-7-5-24(6-8-26)31(35,36)37/h1-12,19H,13-18,20-21H2. The topological polar surface area (TPSA) is 72.7 Å². The highest BCUT2D eigenvalue weighted by atomic mass is 19.4. The van der Waals surface area contributed by atoms with Crippen LogP contribution in [-0.2, 0) is 30.5 Å². The van der Waals surface area contributed by atoms with E-state index in [1.165, 1.54) is 28.9 Å². The molecule has 0 spiro atoms. The first-order valence-corrected chi connectivity index (χ1v) is 14.0. The Kier molecular flexibility index (Phi) is 9.61. The fourth-order valence-electron chi connectivity index (χ4n) is 4.71. The monoisotopic (exact) mass is 633 g/mol. The van der Waals surface area contributed by atoms with Crippen molar-refractivity contribution in [2.75, 3.05) is 32.8 Å². The van der Waals surface area contributed by atoms with E-state index in [4.69, 9.17) is 9.47 Å². The number of hydrogen-bond donors (Lipinski definition) is 0. The van der Waals surface area contributed by atoms with E-state index >= 15 is 0 Å². The van der Waals surface area contributed by atoms with Gasteiger partial charge in [0.25, 0.3) is 0 Å². The molecule has 1 saturated heterocycles. The second-order valence-corrected chi connectivity index (χ2v) is 10.5. The number of alkyl halides is 6. The lowest BCUT2D eigenvalue weighted by Gasteiger charge is -2.35. The van der Waals surface area contributed by atoms with Crippen molar-refractivity contribution in [2.45, 2.75) is 31.9 Å². The summed E-state index contributed by atoms with van der Waals surface area (Å²) in [6.07, 6.45) is -6.99. The lowest BCUT2D eigenvalue weighted by Crippen LogP contribution is -2.48. The number of amides is 1. The summed E-state index contributed by atoms with van der Waals surface area (Å²) < 4.78 is 87.2. The fraction of sp³-hybridized carbons (Fsp3) is 0.323. The number of carbonyl (C=O) groups is 1. The van der Waals surface area contributed by atoms with Crippen LogP contribution in [0.4, 0.5) is 26.3 Å². The van der Waals surface area contributed by atoms with Gasteiger partial charge in [-0.1, -0.05) is 29.5 Å². The molecular formula is C31H29F6N5O3. The minimum atomic E-state index is -4.42. The number of halogens is 6. The van der Waals surface area contributed by atoms with Gasteiger partial charge in [-0.2, -0.15) is 26.3 Å². The molecule has 5 rings (SSSR count). The van der Waals surface area contributed by atoms with Crippen LogP contribution in [0.3, 0.4) is 0 Å². The molecule has 3 aromatic carbocycles. The van der Waals surface area contributed by atoms with Crippen molar-refractivity contribution >= 4 is 5.91 Å². The van der Waals surface area contributed by atoms with E-state index in [0.717, 1.165) is 23.3 Å². The Bertz CT molecular complexity index is 1550. The predicted molar refractivity (Wildman–Crippen MR) is 151 cm³/mol. The maximum Gasteiger partial charge on any atom is 0.422 e. The molecule has 4 aromatic rings. The molecule has 1 amide bonds. The minimum absolute atomic E-state index is 0.00867. The molecule has 0 unspecified atom stereocenters. The fourth-order valence-corrected chi connectivity index (χ4v) is 4.71. The van der Waals surface area contributed by atoms with Crippen LogP contribution in [0.2, 0.25) is 0 Å². The normalized spacial score (nSPS) is 14.4. The Balaban J connectivity index is 1.03. The largest absolute Gasteiger partial charge is 0.487 e. The van der Waals surface area contributed by atoms with Gasteiger partial charge in [-0.3, -0.25) is 9.69 Å². The van der Waals surface area contributed by atoms with Crippen LogP contribution in [0, 0.1) is 0 Å². The smallest absolute Gasteiger partial charge is 0.422 e. The number of aromatic nitrogens is 3. The van der Waals surface area contributed by atoms with E-state index in [1.807, 2.05) is 17.0 Å². The third-order valence-electron chi connectivity index (χ3n) is 7.12. The molecule has 0 saturated carbocycles. The number of piperazine rings is 1. The van der Waals surface area contributed by atoms with E-state index in [1.54, 1.807) is 30.5 Å².